The summed E-state index contributed by atoms with van der Waals surface area (Å²) in [7, 11) is 1.25. The molecule has 0 saturated heterocycles. The second-order valence-electron chi connectivity index (χ2n) is 10.7. The van der Waals surface area contributed by atoms with Gasteiger partial charge in [-0.25, -0.2) is 9.80 Å². The number of ether oxygens (including phenoxy) is 1. The molecule has 0 bridgehead atoms. The van der Waals surface area contributed by atoms with E-state index in [1.807, 2.05) is 100 Å². The van der Waals surface area contributed by atoms with Crippen molar-refractivity contribution >= 4 is 17.8 Å². The zero-order chi connectivity index (χ0) is 28.4. The number of hydrazine groups is 1. The van der Waals surface area contributed by atoms with Crippen molar-refractivity contribution in [3.05, 3.63) is 90.1 Å². The van der Waals surface area contributed by atoms with Crippen LogP contribution in [-0.4, -0.2) is 47.5 Å². The van der Waals surface area contributed by atoms with Crippen molar-refractivity contribution in [3.63, 3.8) is 0 Å². The maximum Gasteiger partial charge on any atom is 0.407 e. The Morgan fingerprint density at radius 1 is 0.923 bits per heavy atom. The van der Waals surface area contributed by atoms with E-state index >= 15 is 0 Å². The summed E-state index contributed by atoms with van der Waals surface area (Å²) in [5, 5.41) is 4.23. The smallest absolute Gasteiger partial charge is 0.407 e. The number of hydrogen-bond acceptors (Lipinski definition) is 6. The van der Waals surface area contributed by atoms with Crippen LogP contribution in [0.5, 0.6) is 0 Å². The Hall–Kier alpha value is -4.04. The van der Waals surface area contributed by atoms with Crippen LogP contribution < -0.4 is 10.7 Å². The van der Waals surface area contributed by atoms with Gasteiger partial charge in [0.25, 0.3) is 5.91 Å². The SMILES string of the molecule is COC(=O)NC(C(=O)NN(CC(=O)C(C)Cc1ccccc1)Cc1ccc(-c2ccccn2)cc1)C(C)(C)C. The maximum absolute atomic E-state index is 13.4. The summed E-state index contributed by atoms with van der Waals surface area (Å²) in [4.78, 5) is 43.0. The van der Waals surface area contributed by atoms with Crippen LogP contribution in [0.2, 0.25) is 0 Å². The highest BCUT2D eigenvalue weighted by molar-refractivity contribution is 5.87. The molecule has 3 rings (SSSR count). The summed E-state index contributed by atoms with van der Waals surface area (Å²) in [6, 6.07) is 22.6. The number of ketones is 1. The van der Waals surface area contributed by atoms with E-state index in [2.05, 4.69) is 15.7 Å². The standard InChI is InChI=1S/C31H38N4O4/c1-22(19-23-11-7-6-8-12-23)27(36)21-35(34-29(37)28(31(2,3)4)33-30(38)39-5)20-24-14-16-25(17-15-24)26-13-9-10-18-32-26/h6-18,22,28H,19-21H2,1-5H3,(H,33,38)(H,34,37). The lowest BCUT2D eigenvalue weighted by Crippen LogP contribution is -2.57. The summed E-state index contributed by atoms with van der Waals surface area (Å²) in [6.45, 7) is 7.75. The normalized spacial score (nSPS) is 12.9. The third kappa shape index (κ3) is 9.04. The maximum atomic E-state index is 13.4. The molecule has 0 aliphatic carbocycles. The highest BCUT2D eigenvalue weighted by Gasteiger charge is 2.34. The number of rotatable bonds is 11. The minimum atomic E-state index is -0.879. The van der Waals surface area contributed by atoms with Gasteiger partial charge in [0.15, 0.2) is 5.78 Å². The largest absolute Gasteiger partial charge is 0.453 e. The zero-order valence-corrected chi connectivity index (χ0v) is 23.3. The van der Waals surface area contributed by atoms with E-state index in [0.29, 0.717) is 13.0 Å². The number of benzene rings is 2. The Morgan fingerprint density at radius 2 is 1.59 bits per heavy atom. The minimum Gasteiger partial charge on any atom is -0.453 e. The fourth-order valence-corrected chi connectivity index (χ4v) is 4.17. The van der Waals surface area contributed by atoms with Gasteiger partial charge < -0.3 is 10.1 Å². The van der Waals surface area contributed by atoms with Crippen LogP contribution >= 0.6 is 0 Å². The van der Waals surface area contributed by atoms with Crippen LogP contribution in [0, 0.1) is 11.3 Å². The third-order valence-electron chi connectivity index (χ3n) is 6.41. The van der Waals surface area contributed by atoms with Gasteiger partial charge in [-0.1, -0.05) is 88.4 Å². The second-order valence-corrected chi connectivity index (χ2v) is 10.7. The molecule has 0 spiro atoms. The Kier molecular flexibility index (Phi) is 10.3. The average Bonchev–Trinajstić information content (AvgIpc) is 2.92. The molecule has 8 nitrogen and oxygen atoms in total. The summed E-state index contributed by atoms with van der Waals surface area (Å²) >= 11 is 0. The lowest BCUT2D eigenvalue weighted by molar-refractivity contribution is -0.133. The number of aromatic nitrogens is 1. The summed E-state index contributed by atoms with van der Waals surface area (Å²) in [5.41, 5.74) is 6.11. The van der Waals surface area contributed by atoms with Gasteiger partial charge in [-0.15, -0.1) is 0 Å². The van der Waals surface area contributed by atoms with E-state index in [-0.39, 0.29) is 18.2 Å². The van der Waals surface area contributed by atoms with Gasteiger partial charge in [0.1, 0.15) is 6.04 Å². The topological polar surface area (TPSA) is 101 Å². The van der Waals surface area contributed by atoms with Gasteiger partial charge in [0, 0.05) is 24.2 Å². The van der Waals surface area contributed by atoms with Crippen LogP contribution in [0.25, 0.3) is 11.3 Å². The van der Waals surface area contributed by atoms with E-state index in [4.69, 9.17) is 4.74 Å². The van der Waals surface area contributed by atoms with Crippen molar-refractivity contribution in [2.75, 3.05) is 13.7 Å². The van der Waals surface area contributed by atoms with Gasteiger partial charge in [-0.3, -0.25) is 20.0 Å². The molecule has 2 N–H and O–H groups in total. The number of methoxy groups -OCH3 is 1. The Balaban J connectivity index is 1.79. The molecule has 39 heavy (non-hydrogen) atoms. The van der Waals surface area contributed by atoms with Crippen LogP contribution in [0.4, 0.5) is 4.79 Å². The molecule has 1 heterocycles. The first-order chi connectivity index (χ1) is 18.6. The lowest BCUT2D eigenvalue weighted by atomic mass is 9.86. The van der Waals surface area contributed by atoms with Gasteiger partial charge >= 0.3 is 6.09 Å². The number of carbonyl (C=O) groups excluding carboxylic acids is 3. The van der Waals surface area contributed by atoms with E-state index in [1.165, 1.54) is 7.11 Å². The van der Waals surface area contributed by atoms with Gasteiger partial charge in [-0.2, -0.15) is 0 Å². The van der Waals surface area contributed by atoms with Crippen molar-refractivity contribution in [2.24, 2.45) is 11.3 Å². The predicted molar refractivity (Wildman–Crippen MR) is 151 cm³/mol. The molecule has 0 radical (unpaired) electrons. The van der Waals surface area contributed by atoms with E-state index in [9.17, 15) is 14.4 Å². The third-order valence-corrected chi connectivity index (χ3v) is 6.41. The van der Waals surface area contributed by atoms with Crippen molar-refractivity contribution in [3.8, 4) is 11.3 Å². The highest BCUT2D eigenvalue weighted by Crippen LogP contribution is 2.21. The fraction of sp³-hybridized carbons (Fsp3) is 0.355. The van der Waals surface area contributed by atoms with E-state index < -0.39 is 23.5 Å². The molecule has 2 unspecified atom stereocenters. The molecule has 1 aromatic heterocycles. The Bertz CT molecular complexity index is 1220. The van der Waals surface area contributed by atoms with Gasteiger partial charge in [-0.05, 0) is 35.1 Å². The van der Waals surface area contributed by atoms with Crippen molar-refractivity contribution in [1.82, 2.24) is 20.7 Å². The van der Waals surface area contributed by atoms with Crippen molar-refractivity contribution in [1.29, 1.82) is 0 Å². The first-order valence-electron chi connectivity index (χ1n) is 13.0. The molecule has 2 atom stereocenters. The molecule has 0 fully saturated rings. The van der Waals surface area contributed by atoms with E-state index in [1.54, 1.807) is 11.2 Å². The quantitative estimate of drug-likeness (QED) is 0.346. The number of alkyl carbamates (subject to hydrolysis) is 1. The molecule has 0 saturated carbocycles. The lowest BCUT2D eigenvalue weighted by Gasteiger charge is -2.32. The van der Waals surface area contributed by atoms with E-state index in [0.717, 1.165) is 22.4 Å². The summed E-state index contributed by atoms with van der Waals surface area (Å²) in [6.07, 6.45) is 1.65. The molecule has 206 valence electrons. The fourth-order valence-electron chi connectivity index (χ4n) is 4.17. The number of carbonyl (C=O) groups is 3. The minimum absolute atomic E-state index is 0.00232. The number of hydrogen-bond donors (Lipinski definition) is 2. The average molecular weight is 531 g/mol. The molecule has 8 heteroatoms. The molecular formula is C31H38N4O4. The van der Waals surface area contributed by atoms with Crippen LogP contribution in [-0.2, 0) is 27.3 Å². The van der Waals surface area contributed by atoms with Crippen LogP contribution in [0.15, 0.2) is 79.0 Å². The van der Waals surface area contributed by atoms with Crippen molar-refractivity contribution in [2.45, 2.75) is 46.7 Å². The number of nitrogens with zero attached hydrogens (tertiary/aromatic N) is 2. The predicted octanol–water partition coefficient (Wildman–Crippen LogP) is 4.80. The van der Waals surface area contributed by atoms with Crippen molar-refractivity contribution < 1.29 is 19.1 Å². The Labute approximate surface area is 230 Å². The summed E-state index contributed by atoms with van der Waals surface area (Å²) < 4.78 is 4.72. The summed E-state index contributed by atoms with van der Waals surface area (Å²) in [5.74, 6) is -0.677. The zero-order valence-electron chi connectivity index (χ0n) is 23.3. The molecule has 2 aromatic carbocycles. The first-order valence-corrected chi connectivity index (χ1v) is 13.0. The molecule has 2 amide bonds. The number of amides is 2. The second kappa shape index (κ2) is 13.7. The van der Waals surface area contributed by atoms with Crippen LogP contribution in [0.1, 0.15) is 38.8 Å². The molecule has 0 aliphatic heterocycles. The Morgan fingerprint density at radius 3 is 2.18 bits per heavy atom. The molecular weight excluding hydrogens is 492 g/mol. The van der Waals surface area contributed by atoms with Gasteiger partial charge in [0.2, 0.25) is 0 Å². The van der Waals surface area contributed by atoms with Gasteiger partial charge in [0.05, 0.1) is 19.3 Å². The number of nitrogens with one attached hydrogen (secondary N) is 2. The molecule has 0 aliphatic rings. The first kappa shape index (κ1) is 29.5. The number of pyridine rings is 1. The monoisotopic (exact) mass is 530 g/mol. The highest BCUT2D eigenvalue weighted by atomic mass is 16.5. The van der Waals surface area contributed by atoms with Crippen LogP contribution in [0.3, 0.4) is 0 Å². The number of Topliss-reactive ketones (excluding diaryl/α,β-unsaturated/α-hetero) is 1. The molecule has 3 aromatic rings.